The highest BCUT2D eigenvalue weighted by atomic mass is 79.9. The van der Waals surface area contributed by atoms with Crippen molar-refractivity contribution in [3.8, 4) is 0 Å². The molecule has 0 saturated heterocycles. The molecule has 1 rings (SSSR count). The third-order valence-electron chi connectivity index (χ3n) is 1.88. The van der Waals surface area contributed by atoms with E-state index in [0.29, 0.717) is 10.9 Å². The molecule has 1 aromatic heterocycles. The number of nitrogens with two attached hydrogens (primary N) is 1. The lowest BCUT2D eigenvalue weighted by Crippen LogP contribution is -2.03. The first-order valence-electron chi connectivity index (χ1n) is 3.66. The van der Waals surface area contributed by atoms with Crippen LogP contribution in [0.25, 0.3) is 0 Å². The summed E-state index contributed by atoms with van der Waals surface area (Å²) in [6, 6.07) is 0. The Labute approximate surface area is 83.3 Å². The molecular weight excluding hydrogens is 242 g/mol. The van der Waals surface area contributed by atoms with Crippen molar-refractivity contribution >= 4 is 21.7 Å². The fourth-order valence-electron chi connectivity index (χ4n) is 1.09. The van der Waals surface area contributed by atoms with Crippen molar-refractivity contribution in [2.45, 2.75) is 18.7 Å². The van der Waals surface area contributed by atoms with E-state index in [1.807, 2.05) is 0 Å². The number of anilines is 1. The van der Waals surface area contributed by atoms with Crippen molar-refractivity contribution in [3.63, 3.8) is 0 Å². The number of hydrogen-bond donors (Lipinski definition) is 1. The zero-order valence-electron chi connectivity index (χ0n) is 7.02. The summed E-state index contributed by atoms with van der Waals surface area (Å²) in [5.41, 5.74) is 6.44. The summed E-state index contributed by atoms with van der Waals surface area (Å²) in [7, 11) is 0. The molecule has 0 spiro atoms. The first-order chi connectivity index (χ1) is 6.07. The van der Waals surface area contributed by atoms with Gasteiger partial charge in [-0.2, -0.15) is 0 Å². The lowest BCUT2D eigenvalue weighted by molar-refractivity contribution is 0.151. The van der Waals surface area contributed by atoms with Gasteiger partial charge >= 0.3 is 0 Å². The minimum atomic E-state index is -2.56. The van der Waals surface area contributed by atoms with E-state index in [-0.39, 0.29) is 11.4 Å². The maximum absolute atomic E-state index is 12.5. The van der Waals surface area contributed by atoms with E-state index < -0.39 is 6.43 Å². The largest absolute Gasteiger partial charge is 0.383 e. The van der Waals surface area contributed by atoms with Gasteiger partial charge < -0.3 is 5.73 Å². The Hall–Kier alpha value is -0.710. The number of hydrogen-bond acceptors (Lipinski definition) is 2. The minimum absolute atomic E-state index is 0.0859. The Bertz CT molecular complexity index is 315. The third-order valence-corrected chi connectivity index (χ3v) is 2.49. The molecule has 0 aliphatic heterocycles. The summed E-state index contributed by atoms with van der Waals surface area (Å²) in [5.74, 6) is -0.0859. The highest BCUT2D eigenvalue weighted by Crippen LogP contribution is 2.29. The average Bonchev–Trinajstić information content (AvgIpc) is 2.04. The van der Waals surface area contributed by atoms with E-state index >= 15 is 0 Å². The van der Waals surface area contributed by atoms with Crippen LogP contribution >= 0.6 is 15.9 Å². The van der Waals surface area contributed by atoms with Gasteiger partial charge in [0.2, 0.25) is 0 Å². The van der Waals surface area contributed by atoms with Gasteiger partial charge in [-0.15, -0.1) is 0 Å². The number of nitrogen functional groups attached to an aromatic ring is 1. The normalized spacial score (nSPS) is 10.8. The van der Waals surface area contributed by atoms with Gasteiger partial charge in [-0.05, 0) is 18.1 Å². The maximum atomic E-state index is 12.5. The van der Waals surface area contributed by atoms with Crippen molar-refractivity contribution in [1.29, 1.82) is 0 Å². The molecule has 0 fully saturated rings. The first kappa shape index (κ1) is 10.4. The van der Waals surface area contributed by atoms with E-state index in [4.69, 9.17) is 5.73 Å². The molecule has 1 heterocycles. The summed E-state index contributed by atoms with van der Waals surface area (Å²) in [6.45, 7) is 1.62. The van der Waals surface area contributed by atoms with Crippen molar-refractivity contribution in [3.05, 3.63) is 22.9 Å². The maximum Gasteiger partial charge on any atom is 0.267 e. The van der Waals surface area contributed by atoms with Gasteiger partial charge in [0.1, 0.15) is 5.82 Å². The lowest BCUT2D eigenvalue weighted by Gasteiger charge is -2.10. The molecule has 0 bridgehead atoms. The molecular formula is C8H9BrF2N2. The van der Waals surface area contributed by atoms with Crippen molar-refractivity contribution in [2.75, 3.05) is 5.73 Å². The number of alkyl halides is 3. The molecule has 13 heavy (non-hydrogen) atoms. The van der Waals surface area contributed by atoms with Crippen LogP contribution in [0.4, 0.5) is 14.6 Å². The van der Waals surface area contributed by atoms with E-state index in [0.717, 1.165) is 5.56 Å². The summed E-state index contributed by atoms with van der Waals surface area (Å²) in [4.78, 5) is 3.70. The predicted molar refractivity (Wildman–Crippen MR) is 51.0 cm³/mol. The van der Waals surface area contributed by atoms with E-state index in [2.05, 4.69) is 20.9 Å². The van der Waals surface area contributed by atoms with Crippen molar-refractivity contribution in [1.82, 2.24) is 4.98 Å². The smallest absolute Gasteiger partial charge is 0.267 e. The Morgan fingerprint density at radius 3 is 2.69 bits per heavy atom. The molecule has 0 aliphatic carbocycles. The van der Waals surface area contributed by atoms with Gasteiger partial charge in [0, 0.05) is 11.5 Å². The van der Waals surface area contributed by atoms with E-state index in [9.17, 15) is 8.78 Å². The molecule has 1 aromatic rings. The zero-order chi connectivity index (χ0) is 10.0. The molecule has 0 radical (unpaired) electrons. The summed E-state index contributed by atoms with van der Waals surface area (Å²) < 4.78 is 24.9. The fourth-order valence-corrected chi connectivity index (χ4v) is 1.65. The molecule has 2 nitrogen and oxygen atoms in total. The number of rotatable bonds is 2. The zero-order valence-corrected chi connectivity index (χ0v) is 8.61. The van der Waals surface area contributed by atoms with Crippen LogP contribution in [0, 0.1) is 6.92 Å². The minimum Gasteiger partial charge on any atom is -0.383 e. The second-order valence-corrected chi connectivity index (χ2v) is 3.20. The number of pyridine rings is 1. The van der Waals surface area contributed by atoms with Crippen molar-refractivity contribution in [2.24, 2.45) is 0 Å². The van der Waals surface area contributed by atoms with Crippen molar-refractivity contribution < 1.29 is 8.78 Å². The van der Waals surface area contributed by atoms with Gasteiger partial charge in [-0.25, -0.2) is 13.8 Å². The number of aromatic nitrogens is 1. The molecule has 5 heteroatoms. The van der Waals surface area contributed by atoms with Crippen LogP contribution in [0.5, 0.6) is 0 Å². The Balaban J connectivity index is 3.30. The van der Waals surface area contributed by atoms with Crippen LogP contribution in [0.2, 0.25) is 0 Å². The molecule has 2 N–H and O–H groups in total. The van der Waals surface area contributed by atoms with Crippen LogP contribution in [0.15, 0.2) is 6.20 Å². The monoisotopic (exact) mass is 250 g/mol. The van der Waals surface area contributed by atoms with Gasteiger partial charge in [0.25, 0.3) is 6.43 Å². The van der Waals surface area contributed by atoms with Gasteiger partial charge in [-0.1, -0.05) is 15.9 Å². The Kier molecular flexibility index (Phi) is 3.19. The van der Waals surface area contributed by atoms with Crippen LogP contribution in [0.3, 0.4) is 0 Å². The number of nitrogens with zero attached hydrogens (tertiary/aromatic N) is 1. The molecule has 0 aromatic carbocycles. The highest BCUT2D eigenvalue weighted by molar-refractivity contribution is 9.08. The third kappa shape index (κ3) is 1.96. The predicted octanol–water partition coefficient (Wildman–Crippen LogP) is 2.80. The second-order valence-electron chi connectivity index (χ2n) is 2.64. The summed E-state index contributed by atoms with van der Waals surface area (Å²) in [6.07, 6.45) is -1.06. The Morgan fingerprint density at radius 2 is 2.23 bits per heavy atom. The molecule has 0 amide bonds. The molecule has 0 atom stereocenters. The van der Waals surface area contributed by atoms with E-state index in [1.54, 1.807) is 6.92 Å². The SMILES string of the molecule is Cc1c(CBr)cnc(N)c1C(F)F. The van der Waals surface area contributed by atoms with Gasteiger partial charge in [0.05, 0.1) is 5.56 Å². The molecule has 72 valence electrons. The second kappa shape index (κ2) is 4.00. The quantitative estimate of drug-likeness (QED) is 0.821. The Morgan fingerprint density at radius 1 is 1.62 bits per heavy atom. The van der Waals surface area contributed by atoms with Gasteiger partial charge in [-0.3, -0.25) is 0 Å². The van der Waals surface area contributed by atoms with Crippen LogP contribution < -0.4 is 5.73 Å². The lowest BCUT2D eigenvalue weighted by atomic mass is 10.1. The standard InChI is InChI=1S/C8H9BrF2N2/c1-4-5(2-9)3-13-8(12)6(4)7(10)11/h3,7H,2H2,1H3,(H2,12,13). The summed E-state index contributed by atoms with van der Waals surface area (Å²) in [5, 5.41) is 0.506. The van der Waals surface area contributed by atoms with Crippen LogP contribution in [-0.2, 0) is 5.33 Å². The average molecular weight is 251 g/mol. The highest BCUT2D eigenvalue weighted by Gasteiger charge is 2.17. The number of halogens is 3. The topological polar surface area (TPSA) is 38.9 Å². The molecule has 0 aliphatic rings. The van der Waals surface area contributed by atoms with Crippen LogP contribution in [0.1, 0.15) is 23.1 Å². The fraction of sp³-hybridized carbons (Fsp3) is 0.375. The first-order valence-corrected chi connectivity index (χ1v) is 4.78. The summed E-state index contributed by atoms with van der Waals surface area (Å²) >= 11 is 3.19. The molecule has 0 unspecified atom stereocenters. The van der Waals surface area contributed by atoms with Crippen LogP contribution in [-0.4, -0.2) is 4.98 Å². The van der Waals surface area contributed by atoms with E-state index in [1.165, 1.54) is 6.20 Å². The van der Waals surface area contributed by atoms with Gasteiger partial charge in [0.15, 0.2) is 0 Å². The molecule has 0 saturated carbocycles.